The number of hydrogen-bond acceptors (Lipinski definition) is 7. The molecule has 3 N–H and O–H groups in total. The standard InChI is InChI=1S/C25H27F2N3O4S/c1-23(2,35)24(16-9-5-3-6-10-16,17-11-7-4-8-12-17)33-15-18-20(31)25(26,27)21(34-18)30-14-13-19(28)29-22(30)32/h3-14,18,20-21,31,35H,15H2,1-2H3,(H2,28,29,32)/t18-,20?,21-/m1/s1. The maximum absolute atomic E-state index is 15.1. The number of aromatic nitrogens is 2. The Labute approximate surface area is 206 Å². The minimum Gasteiger partial charge on any atom is -0.384 e. The molecule has 1 aliphatic rings. The number of rotatable bonds is 7. The van der Waals surface area contributed by atoms with Crippen LogP contribution in [0.4, 0.5) is 14.6 Å². The van der Waals surface area contributed by atoms with Crippen LogP contribution >= 0.6 is 12.6 Å². The third kappa shape index (κ3) is 4.47. The lowest BCUT2D eigenvalue weighted by atomic mass is 9.76. The van der Waals surface area contributed by atoms with Gasteiger partial charge in [-0.15, -0.1) is 0 Å². The summed E-state index contributed by atoms with van der Waals surface area (Å²) in [4.78, 5) is 15.7. The summed E-state index contributed by atoms with van der Waals surface area (Å²) >= 11 is 4.85. The molecular weight excluding hydrogens is 476 g/mol. The van der Waals surface area contributed by atoms with E-state index in [1.165, 1.54) is 6.07 Å². The van der Waals surface area contributed by atoms with Gasteiger partial charge in [0.05, 0.1) is 6.61 Å². The van der Waals surface area contributed by atoms with E-state index in [0.29, 0.717) is 4.57 Å². The topological polar surface area (TPSA) is 99.6 Å². The molecule has 1 aromatic heterocycles. The van der Waals surface area contributed by atoms with Gasteiger partial charge in [-0.2, -0.15) is 26.4 Å². The number of nitrogen functional groups attached to an aromatic ring is 1. The fourth-order valence-corrected chi connectivity index (χ4v) is 4.80. The predicted molar refractivity (Wildman–Crippen MR) is 130 cm³/mol. The highest BCUT2D eigenvalue weighted by Crippen LogP contribution is 2.48. The maximum Gasteiger partial charge on any atom is 0.351 e. The maximum atomic E-state index is 15.1. The Morgan fingerprint density at radius 2 is 1.66 bits per heavy atom. The number of benzene rings is 2. The molecule has 35 heavy (non-hydrogen) atoms. The molecule has 186 valence electrons. The number of hydrogen-bond donors (Lipinski definition) is 3. The number of ether oxygens (including phenoxy) is 2. The summed E-state index contributed by atoms with van der Waals surface area (Å²) in [6.45, 7) is 3.32. The first kappa shape index (κ1) is 25.3. The average Bonchev–Trinajstić information content (AvgIpc) is 3.03. The molecule has 1 saturated heterocycles. The van der Waals surface area contributed by atoms with Crippen LogP contribution in [0.1, 0.15) is 31.2 Å². The van der Waals surface area contributed by atoms with E-state index >= 15 is 8.78 Å². The van der Waals surface area contributed by atoms with Crippen molar-refractivity contribution in [2.75, 3.05) is 12.3 Å². The van der Waals surface area contributed by atoms with Crippen molar-refractivity contribution >= 4 is 18.4 Å². The van der Waals surface area contributed by atoms with Gasteiger partial charge in [-0.3, -0.25) is 4.57 Å². The van der Waals surface area contributed by atoms with Crippen molar-refractivity contribution in [3.05, 3.63) is 94.5 Å². The van der Waals surface area contributed by atoms with Crippen LogP contribution in [0.15, 0.2) is 77.7 Å². The molecule has 0 spiro atoms. The van der Waals surface area contributed by atoms with Crippen molar-refractivity contribution in [1.29, 1.82) is 0 Å². The smallest absolute Gasteiger partial charge is 0.351 e. The largest absolute Gasteiger partial charge is 0.384 e. The summed E-state index contributed by atoms with van der Waals surface area (Å²) in [6.07, 6.45) is -4.68. The number of alkyl halides is 2. The van der Waals surface area contributed by atoms with Crippen LogP contribution < -0.4 is 11.4 Å². The second-order valence-electron chi connectivity index (χ2n) is 8.97. The second-order valence-corrected chi connectivity index (χ2v) is 10.1. The van der Waals surface area contributed by atoms with E-state index in [4.69, 9.17) is 27.8 Å². The van der Waals surface area contributed by atoms with E-state index < -0.39 is 47.0 Å². The van der Waals surface area contributed by atoms with Gasteiger partial charge in [0.25, 0.3) is 0 Å². The fraction of sp³-hybridized carbons (Fsp3) is 0.360. The van der Waals surface area contributed by atoms with Gasteiger partial charge < -0.3 is 20.3 Å². The summed E-state index contributed by atoms with van der Waals surface area (Å²) in [7, 11) is 0. The number of thiol groups is 1. The van der Waals surface area contributed by atoms with Crippen molar-refractivity contribution < 1.29 is 23.4 Å². The first-order chi connectivity index (χ1) is 16.5. The predicted octanol–water partition coefficient (Wildman–Crippen LogP) is 3.39. The van der Waals surface area contributed by atoms with Crippen LogP contribution in [0.3, 0.4) is 0 Å². The number of aliphatic hydroxyl groups excluding tert-OH is 1. The molecule has 0 bridgehead atoms. The van der Waals surface area contributed by atoms with E-state index in [-0.39, 0.29) is 5.82 Å². The molecule has 0 aliphatic carbocycles. The lowest BCUT2D eigenvalue weighted by molar-refractivity contribution is -0.142. The molecule has 1 unspecified atom stereocenters. The van der Waals surface area contributed by atoms with Gasteiger partial charge in [0.2, 0.25) is 6.23 Å². The molecule has 7 nitrogen and oxygen atoms in total. The quantitative estimate of drug-likeness (QED) is 0.428. The number of anilines is 1. The highest BCUT2D eigenvalue weighted by atomic mass is 32.1. The van der Waals surface area contributed by atoms with Crippen molar-refractivity contribution in [2.45, 2.75) is 48.6 Å². The molecule has 0 saturated carbocycles. The Kier molecular flexibility index (Phi) is 6.76. The highest BCUT2D eigenvalue weighted by molar-refractivity contribution is 7.81. The summed E-state index contributed by atoms with van der Waals surface area (Å²) in [5.74, 6) is -3.90. The van der Waals surface area contributed by atoms with E-state index in [2.05, 4.69) is 4.98 Å². The van der Waals surface area contributed by atoms with Crippen LogP contribution in [-0.4, -0.2) is 44.1 Å². The van der Waals surface area contributed by atoms with Crippen LogP contribution in [0.25, 0.3) is 0 Å². The molecule has 0 amide bonds. The van der Waals surface area contributed by atoms with Crippen LogP contribution in [-0.2, 0) is 15.1 Å². The number of halogens is 2. The molecule has 4 rings (SSSR count). The van der Waals surface area contributed by atoms with Crippen molar-refractivity contribution in [2.24, 2.45) is 0 Å². The lowest BCUT2D eigenvalue weighted by Gasteiger charge is -2.45. The van der Waals surface area contributed by atoms with E-state index in [1.807, 2.05) is 74.5 Å². The van der Waals surface area contributed by atoms with E-state index in [1.54, 1.807) is 0 Å². The van der Waals surface area contributed by atoms with Gasteiger partial charge in [0.1, 0.15) is 17.5 Å². The number of nitrogens with two attached hydrogens (primary N) is 1. The van der Waals surface area contributed by atoms with E-state index in [9.17, 15) is 9.90 Å². The molecule has 0 radical (unpaired) electrons. The second kappa shape index (κ2) is 9.34. The molecule has 2 heterocycles. The molecular formula is C25H27F2N3O4S. The highest BCUT2D eigenvalue weighted by Gasteiger charge is 2.60. The Bertz CT molecular complexity index is 1180. The summed E-state index contributed by atoms with van der Waals surface area (Å²) in [5, 5.41) is 10.5. The van der Waals surface area contributed by atoms with Gasteiger partial charge in [-0.25, -0.2) is 4.79 Å². The Balaban J connectivity index is 1.71. The van der Waals surface area contributed by atoms with Crippen molar-refractivity contribution in [3.63, 3.8) is 0 Å². The molecule has 1 aliphatic heterocycles. The van der Waals surface area contributed by atoms with Gasteiger partial charge in [0, 0.05) is 10.9 Å². The SMILES string of the molecule is CC(C)(S)C(OC[C@H]1O[C@@H](n2ccc(N)nc2=O)C(F)(F)C1O)(c1ccccc1)c1ccccc1. The minimum absolute atomic E-state index is 0.112. The van der Waals surface area contributed by atoms with Crippen molar-refractivity contribution in [1.82, 2.24) is 9.55 Å². The summed E-state index contributed by atoms with van der Waals surface area (Å²) in [6, 6.07) is 19.8. The number of aliphatic hydroxyl groups is 1. The molecule has 1 fully saturated rings. The molecule has 2 aromatic carbocycles. The Hall–Kier alpha value is -2.79. The third-order valence-corrected chi connectivity index (χ3v) is 6.48. The van der Waals surface area contributed by atoms with Crippen LogP contribution in [0.2, 0.25) is 0 Å². The summed E-state index contributed by atoms with van der Waals surface area (Å²) in [5.41, 5.74) is 4.77. The van der Waals surface area contributed by atoms with Crippen LogP contribution in [0.5, 0.6) is 0 Å². The molecule has 3 aromatic rings. The lowest BCUT2D eigenvalue weighted by Crippen LogP contribution is -2.49. The van der Waals surface area contributed by atoms with E-state index in [0.717, 1.165) is 17.3 Å². The van der Waals surface area contributed by atoms with Gasteiger partial charge in [-0.1, -0.05) is 60.7 Å². The minimum atomic E-state index is -3.78. The van der Waals surface area contributed by atoms with Crippen molar-refractivity contribution in [3.8, 4) is 0 Å². The molecule has 3 atom stereocenters. The average molecular weight is 504 g/mol. The third-order valence-electron chi connectivity index (χ3n) is 6.17. The van der Waals surface area contributed by atoms with Gasteiger partial charge in [0.15, 0.2) is 6.10 Å². The number of nitrogens with zero attached hydrogens (tertiary/aromatic N) is 2. The normalized spacial score (nSPS) is 22.3. The monoisotopic (exact) mass is 503 g/mol. The fourth-order valence-electron chi connectivity index (χ4n) is 4.48. The van der Waals surface area contributed by atoms with Gasteiger partial charge >= 0.3 is 11.6 Å². The summed E-state index contributed by atoms with van der Waals surface area (Å²) < 4.78 is 41.8. The first-order valence-corrected chi connectivity index (χ1v) is 11.5. The zero-order valence-corrected chi connectivity index (χ0v) is 20.1. The Morgan fingerprint density at radius 1 is 1.11 bits per heavy atom. The van der Waals surface area contributed by atoms with Crippen LogP contribution in [0, 0.1) is 0 Å². The van der Waals surface area contributed by atoms with Gasteiger partial charge in [-0.05, 0) is 31.0 Å². The Morgan fingerprint density at radius 3 is 2.14 bits per heavy atom. The molecule has 10 heteroatoms. The first-order valence-electron chi connectivity index (χ1n) is 11.0. The zero-order chi connectivity index (χ0) is 25.4. The zero-order valence-electron chi connectivity index (χ0n) is 19.2.